The van der Waals surface area contributed by atoms with Crippen LogP contribution in [0.2, 0.25) is 0 Å². The number of pyridine rings is 1. The third-order valence-electron chi connectivity index (χ3n) is 2.65. The molecule has 0 saturated heterocycles. The lowest BCUT2D eigenvalue weighted by Gasteiger charge is -2.03. The lowest BCUT2D eigenvalue weighted by Crippen LogP contribution is -2.07. The first-order valence-electron chi connectivity index (χ1n) is 5.33. The fourth-order valence-electron chi connectivity index (χ4n) is 1.99. The number of ether oxygens (including phenoxy) is 1. The molecule has 0 fully saturated rings. The fraction of sp³-hybridized carbons (Fsp3) is 0.273. The van der Waals surface area contributed by atoms with Crippen LogP contribution >= 0.6 is 11.3 Å². The Hall–Kier alpha value is -1.86. The summed E-state index contributed by atoms with van der Waals surface area (Å²) in [6, 6.07) is 1.95. The van der Waals surface area contributed by atoms with Gasteiger partial charge in [0.1, 0.15) is 15.0 Å². The monoisotopic (exact) mass is 262 g/mol. The second kappa shape index (κ2) is 4.11. The van der Waals surface area contributed by atoms with E-state index in [1.54, 1.807) is 7.11 Å². The lowest BCUT2D eigenvalue weighted by molar-refractivity contribution is 0.186. The molecule has 3 aromatic rings. The molecule has 3 heterocycles. The third-order valence-corrected chi connectivity index (χ3v) is 3.73. The Bertz CT molecular complexity index is 793. The summed E-state index contributed by atoms with van der Waals surface area (Å²) in [6.07, 6.45) is 0. The number of nitrogens with one attached hydrogen (secondary N) is 1. The number of aromatic nitrogens is 4. The molecule has 92 valence electrons. The molecule has 0 saturated carbocycles. The number of rotatable bonds is 2. The molecule has 0 aliphatic carbocycles. The zero-order valence-corrected chi connectivity index (χ0v) is 10.7. The lowest BCUT2D eigenvalue weighted by atomic mass is 10.1. The Morgan fingerprint density at radius 2 is 2.33 bits per heavy atom. The Balaban J connectivity index is 2.51. The maximum Gasteiger partial charge on any atom is 0.285 e. The molecule has 0 aliphatic heterocycles. The van der Waals surface area contributed by atoms with Crippen molar-refractivity contribution in [2.75, 3.05) is 7.11 Å². The number of hydrogen-bond donors (Lipinski definition) is 1. The van der Waals surface area contributed by atoms with Crippen molar-refractivity contribution in [2.24, 2.45) is 0 Å². The minimum Gasteiger partial charge on any atom is -0.380 e. The molecule has 0 radical (unpaired) electrons. The maximum atomic E-state index is 11.7. The SMILES string of the molecule is COCc1cc(C)nc2sc3c(=O)[nH]nnc3c12. The van der Waals surface area contributed by atoms with Gasteiger partial charge in [0.2, 0.25) is 0 Å². The van der Waals surface area contributed by atoms with Crippen molar-refractivity contribution in [1.29, 1.82) is 0 Å². The smallest absolute Gasteiger partial charge is 0.285 e. The molecule has 0 amide bonds. The van der Waals surface area contributed by atoms with Crippen LogP contribution in [0.4, 0.5) is 0 Å². The van der Waals surface area contributed by atoms with Gasteiger partial charge in [-0.2, -0.15) is 0 Å². The van der Waals surface area contributed by atoms with Gasteiger partial charge in [0, 0.05) is 18.2 Å². The molecule has 7 heteroatoms. The Morgan fingerprint density at radius 3 is 3.11 bits per heavy atom. The molecular formula is C11H10N4O2S. The van der Waals surface area contributed by atoms with Gasteiger partial charge < -0.3 is 4.74 Å². The van der Waals surface area contributed by atoms with Gasteiger partial charge in [0.15, 0.2) is 0 Å². The van der Waals surface area contributed by atoms with Gasteiger partial charge in [0.25, 0.3) is 5.56 Å². The highest BCUT2D eigenvalue weighted by Gasteiger charge is 2.15. The summed E-state index contributed by atoms with van der Waals surface area (Å²) in [5.74, 6) is 0. The fourth-order valence-corrected chi connectivity index (χ4v) is 3.08. The number of methoxy groups -OCH3 is 1. The van der Waals surface area contributed by atoms with Crippen molar-refractivity contribution in [3.63, 3.8) is 0 Å². The number of fused-ring (bicyclic) bond motifs is 3. The quantitative estimate of drug-likeness (QED) is 0.754. The largest absolute Gasteiger partial charge is 0.380 e. The Kier molecular flexibility index (Phi) is 2.57. The van der Waals surface area contributed by atoms with Crippen LogP contribution in [-0.4, -0.2) is 27.5 Å². The molecule has 3 rings (SSSR count). The second-order valence-corrected chi connectivity index (χ2v) is 4.96. The minimum absolute atomic E-state index is 0.232. The van der Waals surface area contributed by atoms with Crippen molar-refractivity contribution in [2.45, 2.75) is 13.5 Å². The molecule has 18 heavy (non-hydrogen) atoms. The standard InChI is InChI=1S/C11H10N4O2S/c1-5-3-6(4-17-2)7-8-9(18-11(7)12-5)10(16)14-15-13-8/h3H,4H2,1-2H3,(H,13,14,16). The van der Waals surface area contributed by atoms with E-state index in [2.05, 4.69) is 20.4 Å². The molecule has 3 aromatic heterocycles. The normalized spacial score (nSPS) is 11.4. The molecule has 0 atom stereocenters. The van der Waals surface area contributed by atoms with Gasteiger partial charge in [-0.25, -0.2) is 10.1 Å². The summed E-state index contributed by atoms with van der Waals surface area (Å²) in [7, 11) is 1.63. The van der Waals surface area contributed by atoms with E-state index in [0.717, 1.165) is 21.5 Å². The first-order valence-corrected chi connectivity index (χ1v) is 6.15. The van der Waals surface area contributed by atoms with Crippen LogP contribution in [0.25, 0.3) is 20.4 Å². The van der Waals surface area contributed by atoms with E-state index >= 15 is 0 Å². The highest BCUT2D eigenvalue weighted by molar-refractivity contribution is 7.25. The van der Waals surface area contributed by atoms with Crippen LogP contribution in [0.3, 0.4) is 0 Å². The molecule has 0 aliphatic rings. The summed E-state index contributed by atoms with van der Waals surface area (Å²) in [5.41, 5.74) is 2.24. The average molecular weight is 262 g/mol. The highest BCUT2D eigenvalue weighted by Crippen LogP contribution is 2.31. The number of aromatic amines is 1. The zero-order chi connectivity index (χ0) is 12.7. The van der Waals surface area contributed by atoms with Crippen LogP contribution in [-0.2, 0) is 11.3 Å². The summed E-state index contributed by atoms with van der Waals surface area (Å²) in [4.78, 5) is 16.9. The van der Waals surface area contributed by atoms with Crippen LogP contribution < -0.4 is 5.56 Å². The molecule has 0 unspecified atom stereocenters. The number of H-pyrrole nitrogens is 1. The van der Waals surface area contributed by atoms with Crippen molar-refractivity contribution < 1.29 is 4.74 Å². The van der Waals surface area contributed by atoms with E-state index < -0.39 is 0 Å². The van der Waals surface area contributed by atoms with E-state index in [4.69, 9.17) is 4.74 Å². The van der Waals surface area contributed by atoms with Crippen molar-refractivity contribution >= 4 is 31.8 Å². The van der Waals surface area contributed by atoms with Crippen LogP contribution in [0, 0.1) is 6.92 Å². The van der Waals surface area contributed by atoms with Gasteiger partial charge >= 0.3 is 0 Å². The number of nitrogens with zero attached hydrogens (tertiary/aromatic N) is 3. The van der Waals surface area contributed by atoms with Crippen LogP contribution in [0.15, 0.2) is 10.9 Å². The predicted molar refractivity (Wildman–Crippen MR) is 68.8 cm³/mol. The second-order valence-electron chi connectivity index (χ2n) is 3.96. The molecule has 6 nitrogen and oxygen atoms in total. The van der Waals surface area contributed by atoms with Crippen molar-refractivity contribution in [1.82, 2.24) is 20.4 Å². The molecule has 0 bridgehead atoms. The van der Waals surface area contributed by atoms with Gasteiger partial charge in [-0.15, -0.1) is 16.4 Å². The maximum absolute atomic E-state index is 11.7. The highest BCUT2D eigenvalue weighted by atomic mass is 32.1. The van der Waals surface area contributed by atoms with E-state index in [9.17, 15) is 4.79 Å². The van der Waals surface area contributed by atoms with Crippen LogP contribution in [0.5, 0.6) is 0 Å². The Morgan fingerprint density at radius 1 is 1.50 bits per heavy atom. The zero-order valence-electron chi connectivity index (χ0n) is 9.85. The minimum atomic E-state index is -0.232. The number of aryl methyl sites for hydroxylation is 1. The molecule has 0 spiro atoms. The van der Waals surface area contributed by atoms with Gasteiger partial charge in [-0.3, -0.25) is 4.79 Å². The average Bonchev–Trinajstić information content (AvgIpc) is 2.69. The first kappa shape index (κ1) is 11.2. The van der Waals surface area contributed by atoms with Crippen LogP contribution in [0.1, 0.15) is 11.3 Å². The van der Waals surface area contributed by atoms with E-state index in [0.29, 0.717) is 16.8 Å². The molecule has 0 aromatic carbocycles. The van der Waals surface area contributed by atoms with Gasteiger partial charge in [0.05, 0.1) is 6.61 Å². The van der Waals surface area contributed by atoms with Gasteiger partial charge in [-0.05, 0) is 18.6 Å². The van der Waals surface area contributed by atoms with Crippen molar-refractivity contribution in [3.05, 3.63) is 27.7 Å². The summed E-state index contributed by atoms with van der Waals surface area (Å²) in [6.45, 7) is 2.37. The molecular weight excluding hydrogens is 252 g/mol. The Labute approximate surface area is 106 Å². The first-order chi connectivity index (χ1) is 8.70. The third kappa shape index (κ3) is 1.59. The summed E-state index contributed by atoms with van der Waals surface area (Å²) >= 11 is 1.33. The van der Waals surface area contributed by atoms with E-state index in [-0.39, 0.29) is 5.56 Å². The summed E-state index contributed by atoms with van der Waals surface area (Å²) in [5, 5.41) is 10.8. The van der Waals surface area contributed by atoms with E-state index in [1.165, 1.54) is 11.3 Å². The summed E-state index contributed by atoms with van der Waals surface area (Å²) < 4.78 is 5.73. The van der Waals surface area contributed by atoms with E-state index in [1.807, 2.05) is 13.0 Å². The number of thiophene rings is 1. The van der Waals surface area contributed by atoms with Gasteiger partial charge in [-0.1, -0.05) is 5.21 Å². The molecule has 1 N–H and O–H groups in total. The van der Waals surface area contributed by atoms with Crippen molar-refractivity contribution in [3.8, 4) is 0 Å². The topological polar surface area (TPSA) is 80.8 Å². The number of hydrogen-bond acceptors (Lipinski definition) is 6. The predicted octanol–water partition coefficient (Wildman–Crippen LogP) is 1.38.